The first-order valence-electron chi connectivity index (χ1n) is 9.00. The van der Waals surface area contributed by atoms with Crippen LogP contribution in [0.1, 0.15) is 11.1 Å². The molecule has 2 amide bonds. The van der Waals surface area contributed by atoms with E-state index in [4.69, 9.17) is 5.26 Å². The lowest BCUT2D eigenvalue weighted by molar-refractivity contribution is -0.186. The first-order valence-corrected chi connectivity index (χ1v) is 9.00. The second kappa shape index (κ2) is 7.80. The summed E-state index contributed by atoms with van der Waals surface area (Å²) in [6.45, 7) is 0.303. The minimum absolute atomic E-state index is 0.0275. The monoisotopic (exact) mass is 394 g/mol. The number of hydrogen-bond donors (Lipinski definition) is 0. The summed E-state index contributed by atoms with van der Waals surface area (Å²) in [5.41, 5.74) is 1.16. The number of piperazine rings is 1. The summed E-state index contributed by atoms with van der Waals surface area (Å²) in [6, 6.07) is 8.70. The highest BCUT2D eigenvalue weighted by Gasteiger charge is 2.53. The van der Waals surface area contributed by atoms with Gasteiger partial charge in [-0.05, 0) is 17.7 Å². The number of carbonyl (C=O) groups excluding carboxylic acids is 2. The van der Waals surface area contributed by atoms with Crippen LogP contribution in [0, 0.1) is 23.2 Å². The van der Waals surface area contributed by atoms with Crippen LogP contribution >= 0.6 is 0 Å². The second-order valence-corrected chi connectivity index (χ2v) is 7.34. The third-order valence-electron chi connectivity index (χ3n) is 5.36. The predicted molar refractivity (Wildman–Crippen MR) is 93.7 cm³/mol. The van der Waals surface area contributed by atoms with Gasteiger partial charge in [0.1, 0.15) is 0 Å². The van der Waals surface area contributed by atoms with E-state index in [9.17, 15) is 22.8 Å². The second-order valence-electron chi connectivity index (χ2n) is 7.34. The molecular weight excluding hydrogens is 373 g/mol. The van der Waals surface area contributed by atoms with Crippen molar-refractivity contribution in [1.29, 1.82) is 5.26 Å². The van der Waals surface area contributed by atoms with E-state index < -0.39 is 23.9 Å². The van der Waals surface area contributed by atoms with E-state index >= 15 is 0 Å². The average molecular weight is 394 g/mol. The molecule has 1 aromatic carbocycles. The summed E-state index contributed by atoms with van der Waals surface area (Å²) in [7, 11) is 1.61. The third-order valence-corrected chi connectivity index (χ3v) is 5.36. The molecule has 2 fully saturated rings. The molecule has 0 bridgehead atoms. The van der Waals surface area contributed by atoms with Crippen molar-refractivity contribution in [2.45, 2.75) is 12.7 Å². The van der Waals surface area contributed by atoms with Gasteiger partial charge in [0.2, 0.25) is 11.8 Å². The van der Waals surface area contributed by atoms with Gasteiger partial charge in [-0.25, -0.2) is 0 Å². The van der Waals surface area contributed by atoms with Crippen LogP contribution in [0.15, 0.2) is 24.3 Å². The molecule has 0 spiro atoms. The zero-order valence-corrected chi connectivity index (χ0v) is 15.4. The molecule has 0 unspecified atom stereocenters. The van der Waals surface area contributed by atoms with Crippen molar-refractivity contribution in [3.63, 3.8) is 0 Å². The number of amides is 2. The topological polar surface area (TPSA) is 67.7 Å². The Bertz CT molecular complexity index is 805. The van der Waals surface area contributed by atoms with E-state index in [1.165, 1.54) is 9.80 Å². The van der Waals surface area contributed by atoms with Crippen molar-refractivity contribution in [2.24, 2.45) is 11.8 Å². The number of likely N-dealkylation sites (N-methyl/N-ethyl adjacent to an activating group) is 1. The van der Waals surface area contributed by atoms with Gasteiger partial charge in [0.15, 0.2) is 0 Å². The normalized spacial score (nSPS) is 23.8. The van der Waals surface area contributed by atoms with Gasteiger partial charge >= 0.3 is 6.18 Å². The molecule has 0 aromatic heterocycles. The van der Waals surface area contributed by atoms with Crippen molar-refractivity contribution in [3.8, 4) is 6.07 Å². The van der Waals surface area contributed by atoms with Crippen LogP contribution in [0.5, 0.6) is 0 Å². The fourth-order valence-electron chi connectivity index (χ4n) is 3.77. The van der Waals surface area contributed by atoms with Crippen LogP contribution in [-0.4, -0.2) is 72.5 Å². The standard InChI is InChI=1S/C19H21F3N4O2/c1-24-5-6-26(12-17(24)27)18(28)15-10-25(11-16(15)19(20,21)22)9-14-4-2-3-13(7-14)8-23/h2-4,7,15-16H,5-6,9-12H2,1H3/t15-,16-/m1/s1. The van der Waals surface area contributed by atoms with Crippen molar-refractivity contribution in [3.05, 3.63) is 35.4 Å². The maximum atomic E-state index is 13.6. The molecule has 6 nitrogen and oxygen atoms in total. The number of nitriles is 1. The smallest absolute Gasteiger partial charge is 0.342 e. The van der Waals surface area contributed by atoms with Crippen LogP contribution in [0.2, 0.25) is 0 Å². The molecule has 3 rings (SSSR count). The first kappa shape index (κ1) is 20.1. The van der Waals surface area contributed by atoms with Gasteiger partial charge in [0, 0.05) is 39.8 Å². The predicted octanol–water partition coefficient (Wildman–Crippen LogP) is 1.47. The van der Waals surface area contributed by atoms with E-state index in [1.54, 1.807) is 36.2 Å². The lowest BCUT2D eigenvalue weighted by atomic mass is 9.93. The average Bonchev–Trinajstić information content (AvgIpc) is 3.08. The highest BCUT2D eigenvalue weighted by molar-refractivity contribution is 5.87. The number of alkyl halides is 3. The SMILES string of the molecule is CN1CCN(C(=O)[C@@H]2CN(Cc3cccc(C#N)c3)C[C@H]2C(F)(F)F)CC1=O. The number of likely N-dealkylation sites (tertiary alicyclic amines) is 1. The van der Waals surface area contributed by atoms with Gasteiger partial charge in [-0.15, -0.1) is 0 Å². The summed E-state index contributed by atoms with van der Waals surface area (Å²) >= 11 is 0. The Labute approximate surface area is 161 Å². The van der Waals surface area contributed by atoms with Gasteiger partial charge in [-0.3, -0.25) is 14.5 Å². The Morgan fingerprint density at radius 3 is 2.68 bits per heavy atom. The Morgan fingerprint density at radius 1 is 1.29 bits per heavy atom. The minimum Gasteiger partial charge on any atom is -0.342 e. The van der Waals surface area contributed by atoms with Gasteiger partial charge in [0.05, 0.1) is 30.0 Å². The molecule has 2 saturated heterocycles. The number of nitrogens with zero attached hydrogens (tertiary/aromatic N) is 4. The van der Waals surface area contributed by atoms with Crippen LogP contribution in [0.4, 0.5) is 13.2 Å². The Kier molecular flexibility index (Phi) is 5.61. The van der Waals surface area contributed by atoms with E-state index in [-0.39, 0.29) is 38.6 Å². The lowest BCUT2D eigenvalue weighted by Crippen LogP contribution is -2.53. The molecule has 0 radical (unpaired) electrons. The lowest BCUT2D eigenvalue weighted by Gasteiger charge is -2.34. The quantitative estimate of drug-likeness (QED) is 0.779. The van der Waals surface area contributed by atoms with E-state index in [2.05, 4.69) is 0 Å². The molecule has 0 N–H and O–H groups in total. The molecule has 2 aliphatic rings. The first-order chi connectivity index (χ1) is 13.2. The molecule has 1 aromatic rings. The molecule has 2 atom stereocenters. The van der Waals surface area contributed by atoms with Gasteiger partial charge in [-0.1, -0.05) is 12.1 Å². The number of hydrogen-bond acceptors (Lipinski definition) is 4. The number of rotatable bonds is 3. The van der Waals surface area contributed by atoms with E-state index in [0.717, 1.165) is 5.56 Å². The molecule has 0 saturated carbocycles. The maximum Gasteiger partial charge on any atom is 0.393 e. The fraction of sp³-hybridized carbons (Fsp3) is 0.526. The van der Waals surface area contributed by atoms with Crippen molar-refractivity contribution >= 4 is 11.8 Å². The van der Waals surface area contributed by atoms with Gasteiger partial charge in [0.25, 0.3) is 0 Å². The van der Waals surface area contributed by atoms with E-state index in [1.807, 2.05) is 6.07 Å². The number of carbonyl (C=O) groups is 2. The van der Waals surface area contributed by atoms with Crippen molar-refractivity contribution < 1.29 is 22.8 Å². The largest absolute Gasteiger partial charge is 0.393 e. The fourth-order valence-corrected chi connectivity index (χ4v) is 3.77. The molecule has 0 aliphatic carbocycles. The summed E-state index contributed by atoms with van der Waals surface area (Å²) < 4.78 is 40.8. The molecule has 28 heavy (non-hydrogen) atoms. The zero-order valence-electron chi connectivity index (χ0n) is 15.4. The third kappa shape index (κ3) is 4.28. The molecule has 150 valence electrons. The molecule has 2 aliphatic heterocycles. The van der Waals surface area contributed by atoms with Crippen LogP contribution < -0.4 is 0 Å². The molecule has 9 heteroatoms. The van der Waals surface area contributed by atoms with Crippen molar-refractivity contribution in [2.75, 3.05) is 39.8 Å². The van der Waals surface area contributed by atoms with Crippen molar-refractivity contribution in [1.82, 2.24) is 14.7 Å². The molecular formula is C19H21F3N4O2. The Hall–Kier alpha value is -2.60. The Morgan fingerprint density at radius 2 is 2.04 bits per heavy atom. The maximum absolute atomic E-state index is 13.6. The molecule has 2 heterocycles. The van der Waals surface area contributed by atoms with Crippen LogP contribution in [0.25, 0.3) is 0 Å². The zero-order chi connectivity index (χ0) is 20.5. The number of benzene rings is 1. The summed E-state index contributed by atoms with van der Waals surface area (Å²) in [4.78, 5) is 28.9. The summed E-state index contributed by atoms with van der Waals surface area (Å²) in [5.74, 6) is -3.88. The van der Waals surface area contributed by atoms with Gasteiger partial charge in [-0.2, -0.15) is 18.4 Å². The number of halogens is 3. The van der Waals surface area contributed by atoms with E-state index in [0.29, 0.717) is 12.1 Å². The summed E-state index contributed by atoms with van der Waals surface area (Å²) in [5, 5.41) is 8.98. The minimum atomic E-state index is -4.50. The van der Waals surface area contributed by atoms with Gasteiger partial charge < -0.3 is 9.80 Å². The van der Waals surface area contributed by atoms with Crippen LogP contribution in [-0.2, 0) is 16.1 Å². The highest BCUT2D eigenvalue weighted by Crippen LogP contribution is 2.39. The summed E-state index contributed by atoms with van der Waals surface area (Å²) in [6.07, 6.45) is -4.50. The Balaban J connectivity index is 1.75. The van der Waals surface area contributed by atoms with Crippen LogP contribution in [0.3, 0.4) is 0 Å². The highest BCUT2D eigenvalue weighted by atomic mass is 19.4.